The zero-order valence-corrected chi connectivity index (χ0v) is 9.08. The van der Waals surface area contributed by atoms with Crippen LogP contribution in [-0.4, -0.2) is 17.1 Å². The molecule has 0 saturated heterocycles. The monoisotopic (exact) mass is 225 g/mol. The Kier molecular flexibility index (Phi) is 2.98. The molecule has 0 aliphatic rings. The third-order valence-electron chi connectivity index (χ3n) is 1.90. The highest BCUT2D eigenvalue weighted by Crippen LogP contribution is 2.21. The van der Waals surface area contributed by atoms with Gasteiger partial charge >= 0.3 is 0 Å². The molecule has 80 valence electrons. The molecule has 0 unspecified atom stereocenters. The van der Waals surface area contributed by atoms with Crippen molar-refractivity contribution in [3.8, 4) is 5.88 Å². The second kappa shape index (κ2) is 4.41. The summed E-state index contributed by atoms with van der Waals surface area (Å²) in [6.45, 7) is 0.271. The van der Waals surface area contributed by atoms with E-state index in [4.69, 9.17) is 14.9 Å². The third-order valence-corrected chi connectivity index (χ3v) is 2.53. The second-order valence-corrected chi connectivity index (χ2v) is 3.62. The van der Waals surface area contributed by atoms with Crippen molar-refractivity contribution in [3.05, 3.63) is 28.2 Å². The summed E-state index contributed by atoms with van der Waals surface area (Å²) in [7, 11) is 1.56. The van der Waals surface area contributed by atoms with Gasteiger partial charge in [-0.05, 0) is 0 Å². The molecule has 0 amide bonds. The average molecular weight is 225 g/mol. The van der Waals surface area contributed by atoms with E-state index < -0.39 is 0 Å². The van der Waals surface area contributed by atoms with Gasteiger partial charge in [0.2, 0.25) is 5.89 Å². The van der Waals surface area contributed by atoms with Crippen LogP contribution in [0.5, 0.6) is 5.88 Å². The predicted octanol–water partition coefficient (Wildman–Crippen LogP) is 1.19. The molecular weight excluding hydrogens is 214 g/mol. The summed E-state index contributed by atoms with van der Waals surface area (Å²) in [5.74, 6) is 1.64. The maximum atomic E-state index is 5.43. The third kappa shape index (κ3) is 2.16. The van der Waals surface area contributed by atoms with Gasteiger partial charge in [0.1, 0.15) is 0 Å². The lowest BCUT2D eigenvalue weighted by Crippen LogP contribution is -1.95. The number of rotatable bonds is 4. The molecular formula is C9H11N3O2S. The van der Waals surface area contributed by atoms with Crippen molar-refractivity contribution in [3.63, 3.8) is 0 Å². The fourth-order valence-corrected chi connectivity index (χ4v) is 1.79. The molecule has 2 aromatic heterocycles. The van der Waals surface area contributed by atoms with E-state index in [0.717, 1.165) is 5.69 Å². The Bertz CT molecular complexity index is 425. The van der Waals surface area contributed by atoms with Gasteiger partial charge < -0.3 is 14.9 Å². The van der Waals surface area contributed by atoms with Gasteiger partial charge in [-0.25, -0.2) is 4.98 Å². The van der Waals surface area contributed by atoms with E-state index in [1.54, 1.807) is 24.0 Å². The number of hydrogen-bond donors (Lipinski definition) is 1. The Balaban J connectivity index is 2.23. The first-order valence-electron chi connectivity index (χ1n) is 4.43. The minimum absolute atomic E-state index is 0.271. The molecule has 2 aromatic rings. The summed E-state index contributed by atoms with van der Waals surface area (Å²) in [6, 6.07) is 0. The van der Waals surface area contributed by atoms with Gasteiger partial charge in [-0.1, -0.05) is 0 Å². The molecule has 0 atom stereocenters. The van der Waals surface area contributed by atoms with Gasteiger partial charge in [-0.2, -0.15) is 4.98 Å². The van der Waals surface area contributed by atoms with Crippen molar-refractivity contribution >= 4 is 11.3 Å². The quantitative estimate of drug-likeness (QED) is 0.846. The molecule has 0 bridgehead atoms. The first-order chi connectivity index (χ1) is 7.33. The van der Waals surface area contributed by atoms with E-state index in [-0.39, 0.29) is 6.54 Å². The molecule has 0 spiro atoms. The van der Waals surface area contributed by atoms with Crippen LogP contribution < -0.4 is 10.5 Å². The second-order valence-electron chi connectivity index (χ2n) is 2.90. The van der Waals surface area contributed by atoms with Gasteiger partial charge in [-0.15, -0.1) is 11.3 Å². The Morgan fingerprint density at radius 1 is 1.60 bits per heavy atom. The minimum atomic E-state index is 0.271. The highest BCUT2D eigenvalue weighted by Gasteiger charge is 2.14. The molecule has 0 fully saturated rings. The Morgan fingerprint density at radius 2 is 2.47 bits per heavy atom. The van der Waals surface area contributed by atoms with Gasteiger partial charge in [0.25, 0.3) is 5.88 Å². The molecule has 0 aromatic carbocycles. The van der Waals surface area contributed by atoms with Crippen molar-refractivity contribution in [2.75, 3.05) is 7.11 Å². The number of hydrogen-bond acceptors (Lipinski definition) is 6. The lowest BCUT2D eigenvalue weighted by molar-refractivity contribution is 0.384. The van der Waals surface area contributed by atoms with Crippen LogP contribution >= 0.6 is 11.3 Å². The first kappa shape index (κ1) is 10.1. The van der Waals surface area contributed by atoms with Crippen LogP contribution in [0.15, 0.2) is 15.3 Å². The van der Waals surface area contributed by atoms with Crippen LogP contribution in [0.1, 0.15) is 17.3 Å². The standard InChI is InChI=1S/C9H11N3O2S/c1-13-9-7(14-8(3-10)12-9)2-6-4-15-5-11-6/h4-5H,2-3,10H2,1H3. The molecule has 15 heavy (non-hydrogen) atoms. The minimum Gasteiger partial charge on any atom is -0.479 e. The lowest BCUT2D eigenvalue weighted by atomic mass is 10.3. The van der Waals surface area contributed by atoms with Crippen LogP contribution in [0.4, 0.5) is 0 Å². The first-order valence-corrected chi connectivity index (χ1v) is 5.37. The molecule has 2 rings (SSSR count). The normalized spacial score (nSPS) is 10.5. The highest BCUT2D eigenvalue weighted by molar-refractivity contribution is 7.07. The number of ether oxygens (including phenoxy) is 1. The molecule has 2 N–H and O–H groups in total. The van der Waals surface area contributed by atoms with Crippen LogP contribution in [0.2, 0.25) is 0 Å². The van der Waals surface area contributed by atoms with Crippen molar-refractivity contribution in [2.24, 2.45) is 5.73 Å². The number of thiazole rings is 1. The number of oxazole rings is 1. The predicted molar refractivity (Wildman–Crippen MR) is 55.9 cm³/mol. The van der Waals surface area contributed by atoms with Crippen LogP contribution in [-0.2, 0) is 13.0 Å². The zero-order valence-electron chi connectivity index (χ0n) is 8.27. The highest BCUT2D eigenvalue weighted by atomic mass is 32.1. The molecule has 6 heteroatoms. The number of nitrogens with zero attached hydrogens (tertiary/aromatic N) is 2. The fraction of sp³-hybridized carbons (Fsp3) is 0.333. The smallest absolute Gasteiger partial charge is 0.256 e. The van der Waals surface area contributed by atoms with Gasteiger partial charge in [0.15, 0.2) is 5.76 Å². The van der Waals surface area contributed by atoms with E-state index in [1.165, 1.54) is 0 Å². The molecule has 0 radical (unpaired) electrons. The lowest BCUT2D eigenvalue weighted by Gasteiger charge is -1.95. The summed E-state index contributed by atoms with van der Waals surface area (Å²) < 4.78 is 10.5. The molecule has 0 saturated carbocycles. The van der Waals surface area contributed by atoms with Crippen molar-refractivity contribution < 1.29 is 9.15 Å². The summed E-state index contributed by atoms with van der Waals surface area (Å²) in [6.07, 6.45) is 0.583. The van der Waals surface area contributed by atoms with Crippen molar-refractivity contribution in [1.29, 1.82) is 0 Å². The van der Waals surface area contributed by atoms with Gasteiger partial charge in [0.05, 0.1) is 31.3 Å². The molecule has 0 aliphatic heterocycles. The van der Waals surface area contributed by atoms with Crippen LogP contribution in [0.3, 0.4) is 0 Å². The zero-order chi connectivity index (χ0) is 10.7. The number of nitrogens with two attached hydrogens (primary N) is 1. The maximum absolute atomic E-state index is 5.43. The molecule has 0 aliphatic carbocycles. The van der Waals surface area contributed by atoms with E-state index in [2.05, 4.69) is 9.97 Å². The summed E-state index contributed by atoms with van der Waals surface area (Å²) >= 11 is 1.55. The Morgan fingerprint density at radius 3 is 3.07 bits per heavy atom. The number of methoxy groups -OCH3 is 1. The maximum Gasteiger partial charge on any atom is 0.256 e. The molecule has 5 nitrogen and oxygen atoms in total. The summed E-state index contributed by atoms with van der Waals surface area (Å²) in [5, 5.41) is 1.96. The molecule has 2 heterocycles. The topological polar surface area (TPSA) is 74.2 Å². The van der Waals surface area contributed by atoms with Crippen LogP contribution in [0, 0.1) is 0 Å². The van der Waals surface area contributed by atoms with Crippen molar-refractivity contribution in [2.45, 2.75) is 13.0 Å². The van der Waals surface area contributed by atoms with E-state index in [1.807, 2.05) is 5.38 Å². The van der Waals surface area contributed by atoms with Gasteiger partial charge in [-0.3, -0.25) is 0 Å². The Labute approximate surface area is 90.9 Å². The van der Waals surface area contributed by atoms with E-state index in [0.29, 0.717) is 24.0 Å². The van der Waals surface area contributed by atoms with Crippen LogP contribution in [0.25, 0.3) is 0 Å². The summed E-state index contributed by atoms with van der Waals surface area (Å²) in [4.78, 5) is 8.26. The average Bonchev–Trinajstić information content (AvgIpc) is 2.87. The van der Waals surface area contributed by atoms with E-state index >= 15 is 0 Å². The SMILES string of the molecule is COc1nc(CN)oc1Cc1cscn1. The van der Waals surface area contributed by atoms with Crippen molar-refractivity contribution in [1.82, 2.24) is 9.97 Å². The Hall–Kier alpha value is -1.40. The largest absolute Gasteiger partial charge is 0.479 e. The summed E-state index contributed by atoms with van der Waals surface area (Å²) in [5.41, 5.74) is 8.16. The van der Waals surface area contributed by atoms with E-state index in [9.17, 15) is 0 Å². The fourth-order valence-electron chi connectivity index (χ4n) is 1.23. The number of aromatic nitrogens is 2. The van der Waals surface area contributed by atoms with Gasteiger partial charge in [0, 0.05) is 5.38 Å².